The summed E-state index contributed by atoms with van der Waals surface area (Å²) in [5.74, 6) is 0.833. The van der Waals surface area contributed by atoms with E-state index >= 15 is 0 Å². The van der Waals surface area contributed by atoms with Gasteiger partial charge < -0.3 is 10.1 Å². The number of rotatable bonds is 6. The number of ether oxygens (including phenoxy) is 1. The predicted molar refractivity (Wildman–Crippen MR) is 85.9 cm³/mol. The zero-order valence-corrected chi connectivity index (χ0v) is 13.7. The van der Waals surface area contributed by atoms with Crippen molar-refractivity contribution in [3.8, 4) is 5.75 Å². The van der Waals surface area contributed by atoms with E-state index in [1.165, 1.54) is 5.56 Å². The predicted octanol–water partition coefficient (Wildman–Crippen LogP) is 3.72. The summed E-state index contributed by atoms with van der Waals surface area (Å²) in [4.78, 5) is 0. The molecule has 0 aliphatic rings. The molecule has 0 fully saturated rings. The maximum absolute atomic E-state index is 6.27. The first-order chi connectivity index (χ1) is 10.1. The van der Waals surface area contributed by atoms with E-state index in [0.717, 1.165) is 23.7 Å². The number of halogens is 1. The highest BCUT2D eigenvalue weighted by molar-refractivity contribution is 6.31. The monoisotopic (exact) mass is 307 g/mol. The number of nitrogens with one attached hydrogen (secondary N) is 1. The molecule has 1 heterocycles. The quantitative estimate of drug-likeness (QED) is 0.884. The van der Waals surface area contributed by atoms with E-state index in [4.69, 9.17) is 16.3 Å². The Hall–Kier alpha value is -1.52. The topological polar surface area (TPSA) is 39.1 Å². The third kappa shape index (κ3) is 3.57. The van der Waals surface area contributed by atoms with E-state index in [9.17, 15) is 0 Å². The fraction of sp³-hybridized carbons (Fsp3) is 0.438. The van der Waals surface area contributed by atoms with Crippen molar-refractivity contribution in [2.24, 2.45) is 0 Å². The lowest BCUT2D eigenvalue weighted by Gasteiger charge is -2.12. The molecule has 21 heavy (non-hydrogen) atoms. The Balaban J connectivity index is 2.06. The van der Waals surface area contributed by atoms with Crippen LogP contribution in [0.4, 0.5) is 0 Å². The Morgan fingerprint density at radius 2 is 2.00 bits per heavy atom. The van der Waals surface area contributed by atoms with Crippen molar-refractivity contribution >= 4 is 11.6 Å². The van der Waals surface area contributed by atoms with E-state index in [1.807, 2.05) is 37.7 Å². The Bertz CT molecular complexity index is 592. The lowest BCUT2D eigenvalue weighted by Crippen LogP contribution is -2.12. The molecule has 5 heteroatoms. The lowest BCUT2D eigenvalue weighted by atomic mass is 10.1. The van der Waals surface area contributed by atoms with Crippen molar-refractivity contribution in [2.45, 2.75) is 40.0 Å². The lowest BCUT2D eigenvalue weighted by molar-refractivity contribution is 0.292. The normalized spacial score (nSPS) is 12.4. The second-order valence-electron chi connectivity index (χ2n) is 5.03. The molecule has 4 nitrogen and oxygen atoms in total. The molecule has 0 amide bonds. The minimum Gasteiger partial charge on any atom is -0.487 e. The van der Waals surface area contributed by atoms with Crippen LogP contribution in [0.25, 0.3) is 0 Å². The van der Waals surface area contributed by atoms with Gasteiger partial charge >= 0.3 is 0 Å². The van der Waals surface area contributed by atoms with Crippen LogP contribution in [0.15, 0.2) is 24.3 Å². The third-order valence-corrected chi connectivity index (χ3v) is 4.13. The average molecular weight is 308 g/mol. The van der Waals surface area contributed by atoms with E-state index in [0.29, 0.717) is 17.7 Å². The summed E-state index contributed by atoms with van der Waals surface area (Å²) in [6.45, 7) is 7.28. The van der Waals surface area contributed by atoms with Crippen LogP contribution in [0, 0.1) is 6.92 Å². The standard InChI is InChI=1S/C16H22ClN3O/c1-5-20-15(16(17)12(3)19-20)10-21-14-8-6-13(7-9-14)11(2)18-4/h6-9,11,18H,5,10H2,1-4H3. The van der Waals surface area contributed by atoms with Crippen LogP contribution in [0.5, 0.6) is 5.75 Å². The Morgan fingerprint density at radius 3 is 2.57 bits per heavy atom. The highest BCUT2D eigenvalue weighted by Crippen LogP contribution is 2.23. The molecule has 0 bridgehead atoms. The number of benzene rings is 1. The van der Waals surface area contributed by atoms with Crippen LogP contribution >= 0.6 is 11.6 Å². The summed E-state index contributed by atoms with van der Waals surface area (Å²) >= 11 is 6.27. The summed E-state index contributed by atoms with van der Waals surface area (Å²) in [7, 11) is 1.95. The van der Waals surface area contributed by atoms with Gasteiger partial charge in [0.05, 0.1) is 16.4 Å². The fourth-order valence-corrected chi connectivity index (χ4v) is 2.37. The summed E-state index contributed by atoms with van der Waals surface area (Å²) in [6, 6.07) is 8.44. The van der Waals surface area contributed by atoms with Crippen molar-refractivity contribution in [2.75, 3.05) is 7.05 Å². The maximum atomic E-state index is 6.27. The average Bonchev–Trinajstić information content (AvgIpc) is 2.79. The molecule has 0 spiro atoms. The molecule has 114 valence electrons. The summed E-state index contributed by atoms with van der Waals surface area (Å²) in [6.07, 6.45) is 0. The van der Waals surface area contributed by atoms with Gasteiger partial charge in [-0.05, 0) is 45.5 Å². The molecule has 1 aromatic carbocycles. The van der Waals surface area contributed by atoms with Gasteiger partial charge in [0.2, 0.25) is 0 Å². The first-order valence-corrected chi connectivity index (χ1v) is 7.56. The maximum Gasteiger partial charge on any atom is 0.131 e. The second kappa shape index (κ2) is 6.96. The first kappa shape index (κ1) is 15.9. The molecular weight excluding hydrogens is 286 g/mol. The van der Waals surface area contributed by atoms with Gasteiger partial charge in [0.1, 0.15) is 12.4 Å². The Kier molecular flexibility index (Phi) is 5.26. The third-order valence-electron chi connectivity index (χ3n) is 3.64. The van der Waals surface area contributed by atoms with E-state index in [1.54, 1.807) is 0 Å². The zero-order valence-electron chi connectivity index (χ0n) is 13.0. The molecule has 0 saturated carbocycles. The van der Waals surface area contributed by atoms with Crippen LogP contribution in [0.1, 0.15) is 36.8 Å². The minimum absolute atomic E-state index is 0.331. The van der Waals surface area contributed by atoms with Crippen LogP contribution in [0.3, 0.4) is 0 Å². The number of aromatic nitrogens is 2. The summed E-state index contributed by atoms with van der Waals surface area (Å²) in [5, 5.41) is 8.29. The molecule has 0 aliphatic heterocycles. The second-order valence-corrected chi connectivity index (χ2v) is 5.41. The molecule has 0 radical (unpaired) electrons. The highest BCUT2D eigenvalue weighted by Gasteiger charge is 2.13. The van der Waals surface area contributed by atoms with E-state index in [2.05, 4.69) is 29.5 Å². The number of aryl methyl sites for hydroxylation is 2. The van der Waals surface area contributed by atoms with Crippen LogP contribution in [-0.2, 0) is 13.2 Å². The summed E-state index contributed by atoms with van der Waals surface area (Å²) in [5.41, 5.74) is 3.00. The van der Waals surface area contributed by atoms with Gasteiger partial charge in [-0.1, -0.05) is 23.7 Å². The summed E-state index contributed by atoms with van der Waals surface area (Å²) < 4.78 is 7.72. The molecule has 0 saturated heterocycles. The van der Waals surface area contributed by atoms with Gasteiger partial charge in [-0.2, -0.15) is 5.10 Å². The molecule has 1 aromatic heterocycles. The van der Waals surface area contributed by atoms with Crippen molar-refractivity contribution in [1.82, 2.24) is 15.1 Å². The van der Waals surface area contributed by atoms with Gasteiger partial charge in [-0.15, -0.1) is 0 Å². The molecular formula is C16H22ClN3O. The van der Waals surface area contributed by atoms with Crippen molar-refractivity contribution in [1.29, 1.82) is 0 Å². The number of hydrogen-bond acceptors (Lipinski definition) is 3. The van der Waals surface area contributed by atoms with E-state index < -0.39 is 0 Å². The van der Waals surface area contributed by atoms with Crippen LogP contribution in [-0.4, -0.2) is 16.8 Å². The molecule has 2 aromatic rings. The number of hydrogen-bond donors (Lipinski definition) is 1. The van der Waals surface area contributed by atoms with Gasteiger partial charge in [0, 0.05) is 12.6 Å². The Morgan fingerprint density at radius 1 is 1.33 bits per heavy atom. The van der Waals surface area contributed by atoms with Crippen LogP contribution in [0.2, 0.25) is 5.02 Å². The van der Waals surface area contributed by atoms with Crippen molar-refractivity contribution < 1.29 is 4.74 Å². The molecule has 0 aliphatic carbocycles. The molecule has 1 atom stereocenters. The Labute approximate surface area is 131 Å². The van der Waals surface area contributed by atoms with Crippen LogP contribution < -0.4 is 10.1 Å². The first-order valence-electron chi connectivity index (χ1n) is 7.18. The van der Waals surface area contributed by atoms with E-state index in [-0.39, 0.29) is 0 Å². The van der Waals surface area contributed by atoms with Gasteiger partial charge in [-0.3, -0.25) is 4.68 Å². The minimum atomic E-state index is 0.331. The smallest absolute Gasteiger partial charge is 0.131 e. The van der Waals surface area contributed by atoms with Crippen molar-refractivity contribution in [3.05, 3.63) is 46.2 Å². The van der Waals surface area contributed by atoms with Gasteiger partial charge in [0.15, 0.2) is 0 Å². The van der Waals surface area contributed by atoms with Crippen molar-refractivity contribution in [3.63, 3.8) is 0 Å². The SMILES string of the molecule is CCn1nc(C)c(Cl)c1COc1ccc(C(C)NC)cc1. The molecule has 2 rings (SSSR count). The molecule has 1 N–H and O–H groups in total. The largest absolute Gasteiger partial charge is 0.487 e. The fourth-order valence-electron chi connectivity index (χ4n) is 2.18. The van der Waals surface area contributed by atoms with Gasteiger partial charge in [0.25, 0.3) is 0 Å². The number of nitrogens with zero attached hydrogens (tertiary/aromatic N) is 2. The highest BCUT2D eigenvalue weighted by atomic mass is 35.5. The molecule has 1 unspecified atom stereocenters. The van der Waals surface area contributed by atoms with Gasteiger partial charge in [-0.25, -0.2) is 0 Å². The zero-order chi connectivity index (χ0) is 15.4.